The first-order valence-electron chi connectivity index (χ1n) is 6.44. The van der Waals surface area contributed by atoms with Crippen LogP contribution < -0.4 is 0 Å². The zero-order chi connectivity index (χ0) is 12.1. The predicted molar refractivity (Wildman–Crippen MR) is 67.9 cm³/mol. The molecule has 0 fully saturated rings. The molecule has 0 heterocycles. The van der Waals surface area contributed by atoms with Gasteiger partial charge in [-0.2, -0.15) is 0 Å². The van der Waals surface area contributed by atoms with Crippen LogP contribution >= 0.6 is 0 Å². The van der Waals surface area contributed by atoms with Crippen molar-refractivity contribution >= 4 is 0 Å². The Balaban J connectivity index is 3.93. The molecule has 0 aromatic rings. The van der Waals surface area contributed by atoms with E-state index < -0.39 is 0 Å². The molecule has 92 valence electrons. The molecule has 0 aromatic heterocycles. The standard InChI is InChI=1S/C14H30O/c1-7-8-11(2)9-13(15)12(3)10-14(4,5)6/h11-13,15H,7-10H2,1-6H3. The van der Waals surface area contributed by atoms with Crippen LogP contribution in [0.25, 0.3) is 0 Å². The van der Waals surface area contributed by atoms with E-state index in [1.54, 1.807) is 0 Å². The Hall–Kier alpha value is -0.0400. The molecule has 0 saturated carbocycles. The fourth-order valence-electron chi connectivity index (χ4n) is 2.36. The van der Waals surface area contributed by atoms with Gasteiger partial charge in [0.2, 0.25) is 0 Å². The molecule has 1 N–H and O–H groups in total. The maximum absolute atomic E-state index is 10.1. The molecule has 15 heavy (non-hydrogen) atoms. The van der Waals surface area contributed by atoms with Crippen LogP contribution in [0.2, 0.25) is 0 Å². The van der Waals surface area contributed by atoms with Crippen molar-refractivity contribution in [3.05, 3.63) is 0 Å². The van der Waals surface area contributed by atoms with Gasteiger partial charge in [-0.1, -0.05) is 54.4 Å². The molecular weight excluding hydrogens is 184 g/mol. The van der Waals surface area contributed by atoms with Gasteiger partial charge in [0.15, 0.2) is 0 Å². The van der Waals surface area contributed by atoms with E-state index in [0.717, 1.165) is 12.8 Å². The molecule has 0 aliphatic rings. The van der Waals surface area contributed by atoms with Crippen LogP contribution in [0.15, 0.2) is 0 Å². The summed E-state index contributed by atoms with van der Waals surface area (Å²) in [6.45, 7) is 13.4. The maximum Gasteiger partial charge on any atom is 0.0568 e. The molecule has 0 spiro atoms. The molecule has 0 aliphatic carbocycles. The third-order valence-corrected chi connectivity index (χ3v) is 3.02. The summed E-state index contributed by atoms with van der Waals surface area (Å²) in [4.78, 5) is 0. The second-order valence-electron chi connectivity index (χ2n) is 6.44. The molecule has 0 aromatic carbocycles. The zero-order valence-corrected chi connectivity index (χ0v) is 11.5. The lowest BCUT2D eigenvalue weighted by atomic mass is 9.81. The minimum absolute atomic E-state index is 0.120. The SMILES string of the molecule is CCCC(C)CC(O)C(C)CC(C)(C)C. The van der Waals surface area contributed by atoms with Crippen LogP contribution in [0.4, 0.5) is 0 Å². The predicted octanol–water partition coefficient (Wildman–Crippen LogP) is 4.25. The van der Waals surface area contributed by atoms with Crippen LogP contribution in [0.3, 0.4) is 0 Å². The van der Waals surface area contributed by atoms with Crippen molar-refractivity contribution in [1.29, 1.82) is 0 Å². The lowest BCUT2D eigenvalue weighted by Crippen LogP contribution is -2.24. The van der Waals surface area contributed by atoms with Crippen molar-refractivity contribution < 1.29 is 5.11 Å². The number of aliphatic hydroxyl groups excluding tert-OH is 1. The number of rotatable bonds is 6. The van der Waals surface area contributed by atoms with E-state index >= 15 is 0 Å². The molecular formula is C14H30O. The molecule has 0 aliphatic heterocycles. The fraction of sp³-hybridized carbons (Fsp3) is 1.00. The first-order valence-corrected chi connectivity index (χ1v) is 6.44. The van der Waals surface area contributed by atoms with E-state index in [4.69, 9.17) is 0 Å². The second kappa shape index (κ2) is 6.52. The number of aliphatic hydroxyl groups is 1. The minimum Gasteiger partial charge on any atom is -0.393 e. The average molecular weight is 214 g/mol. The zero-order valence-electron chi connectivity index (χ0n) is 11.5. The van der Waals surface area contributed by atoms with Crippen LogP contribution in [0.5, 0.6) is 0 Å². The van der Waals surface area contributed by atoms with Crippen molar-refractivity contribution in [1.82, 2.24) is 0 Å². The fourth-order valence-corrected chi connectivity index (χ4v) is 2.36. The quantitative estimate of drug-likeness (QED) is 0.701. The van der Waals surface area contributed by atoms with Gasteiger partial charge in [-0.3, -0.25) is 0 Å². The summed E-state index contributed by atoms with van der Waals surface area (Å²) in [5.74, 6) is 1.08. The smallest absolute Gasteiger partial charge is 0.0568 e. The first-order chi connectivity index (χ1) is 6.76. The van der Waals surface area contributed by atoms with E-state index in [2.05, 4.69) is 41.5 Å². The van der Waals surface area contributed by atoms with Gasteiger partial charge in [-0.25, -0.2) is 0 Å². The molecule has 1 heteroatoms. The molecule has 0 amide bonds. The molecule has 0 radical (unpaired) electrons. The van der Waals surface area contributed by atoms with E-state index in [1.807, 2.05) is 0 Å². The monoisotopic (exact) mass is 214 g/mol. The van der Waals surface area contributed by atoms with Crippen molar-refractivity contribution in [2.45, 2.75) is 73.3 Å². The van der Waals surface area contributed by atoms with Crippen LogP contribution in [0.1, 0.15) is 67.2 Å². The largest absolute Gasteiger partial charge is 0.393 e. The number of hydrogen-bond acceptors (Lipinski definition) is 1. The van der Waals surface area contributed by atoms with Crippen LogP contribution in [0, 0.1) is 17.3 Å². The highest BCUT2D eigenvalue weighted by atomic mass is 16.3. The van der Waals surface area contributed by atoms with E-state index in [-0.39, 0.29) is 6.10 Å². The summed E-state index contributed by atoms with van der Waals surface area (Å²) in [6.07, 6.45) is 4.41. The Morgan fingerprint density at radius 2 is 1.67 bits per heavy atom. The Bertz CT molecular complexity index is 157. The highest BCUT2D eigenvalue weighted by Crippen LogP contribution is 2.28. The van der Waals surface area contributed by atoms with Gasteiger partial charge >= 0.3 is 0 Å². The summed E-state index contributed by atoms with van der Waals surface area (Å²) in [5, 5.41) is 10.1. The van der Waals surface area contributed by atoms with Crippen LogP contribution in [-0.2, 0) is 0 Å². The van der Waals surface area contributed by atoms with Gasteiger partial charge in [0.05, 0.1) is 6.10 Å². The Kier molecular flexibility index (Phi) is 6.51. The topological polar surface area (TPSA) is 20.2 Å². The lowest BCUT2D eigenvalue weighted by Gasteiger charge is -2.28. The number of hydrogen-bond donors (Lipinski definition) is 1. The lowest BCUT2D eigenvalue weighted by molar-refractivity contribution is 0.0693. The van der Waals surface area contributed by atoms with Gasteiger partial charge in [-0.05, 0) is 30.1 Å². The third kappa shape index (κ3) is 7.84. The van der Waals surface area contributed by atoms with Crippen molar-refractivity contribution in [3.63, 3.8) is 0 Å². The van der Waals surface area contributed by atoms with Gasteiger partial charge in [-0.15, -0.1) is 0 Å². The average Bonchev–Trinajstić information content (AvgIpc) is 2.00. The molecule has 0 saturated heterocycles. The third-order valence-electron chi connectivity index (χ3n) is 3.02. The van der Waals surface area contributed by atoms with Gasteiger partial charge < -0.3 is 5.11 Å². The van der Waals surface area contributed by atoms with Crippen molar-refractivity contribution in [3.8, 4) is 0 Å². The summed E-state index contributed by atoms with van der Waals surface area (Å²) < 4.78 is 0. The summed E-state index contributed by atoms with van der Waals surface area (Å²) >= 11 is 0. The Morgan fingerprint density at radius 1 is 1.13 bits per heavy atom. The highest BCUT2D eigenvalue weighted by molar-refractivity contribution is 4.73. The normalized spacial score (nSPS) is 18.6. The van der Waals surface area contributed by atoms with Crippen molar-refractivity contribution in [2.75, 3.05) is 0 Å². The summed E-state index contributed by atoms with van der Waals surface area (Å²) in [7, 11) is 0. The van der Waals surface area contributed by atoms with Gasteiger partial charge in [0.25, 0.3) is 0 Å². The van der Waals surface area contributed by atoms with E-state index in [0.29, 0.717) is 17.3 Å². The maximum atomic E-state index is 10.1. The van der Waals surface area contributed by atoms with Crippen molar-refractivity contribution in [2.24, 2.45) is 17.3 Å². The summed E-state index contributed by atoms with van der Waals surface area (Å²) in [5.41, 5.74) is 0.328. The molecule has 1 nitrogen and oxygen atoms in total. The van der Waals surface area contributed by atoms with Gasteiger partial charge in [0, 0.05) is 0 Å². The van der Waals surface area contributed by atoms with Crippen LogP contribution in [-0.4, -0.2) is 11.2 Å². The Labute approximate surface area is 96.3 Å². The van der Waals surface area contributed by atoms with E-state index in [9.17, 15) is 5.11 Å². The first kappa shape index (κ1) is 15.0. The Morgan fingerprint density at radius 3 is 2.07 bits per heavy atom. The summed E-state index contributed by atoms with van der Waals surface area (Å²) in [6, 6.07) is 0. The minimum atomic E-state index is -0.120. The highest BCUT2D eigenvalue weighted by Gasteiger charge is 2.22. The molecule has 3 atom stereocenters. The molecule has 0 rings (SSSR count). The van der Waals surface area contributed by atoms with Gasteiger partial charge in [0.1, 0.15) is 0 Å². The molecule has 3 unspecified atom stereocenters. The molecule has 0 bridgehead atoms. The second-order valence-corrected chi connectivity index (χ2v) is 6.44. The van der Waals surface area contributed by atoms with E-state index in [1.165, 1.54) is 12.8 Å².